The topological polar surface area (TPSA) is 40.7 Å². The van der Waals surface area contributed by atoms with Gasteiger partial charge in [0.15, 0.2) is 5.69 Å². The third-order valence-electron chi connectivity index (χ3n) is 2.01. The maximum atomic E-state index is 12.2. The smallest absolute Gasteiger partial charge is 0.379 e. The van der Waals surface area contributed by atoms with Gasteiger partial charge in [-0.15, -0.1) is 0 Å². The molecule has 1 atom stereocenters. The van der Waals surface area contributed by atoms with Crippen LogP contribution in [0, 0.1) is 0 Å². The molecule has 2 heterocycles. The van der Waals surface area contributed by atoms with Crippen molar-refractivity contribution in [2.24, 2.45) is 0 Å². The Balaban J connectivity index is 2.20. The number of dihydropyridines is 1. The molecule has 1 unspecified atom stereocenters. The van der Waals surface area contributed by atoms with Gasteiger partial charge in [-0.1, -0.05) is 12.2 Å². The number of alkyl halides is 3. The molecule has 0 aliphatic carbocycles. The van der Waals surface area contributed by atoms with Gasteiger partial charge in [0, 0.05) is 0 Å². The Morgan fingerprint density at radius 3 is 2.60 bits per heavy atom. The lowest BCUT2D eigenvalue weighted by Crippen LogP contribution is -2.15. The molecule has 0 saturated carbocycles. The van der Waals surface area contributed by atoms with Crippen LogP contribution in [0.3, 0.4) is 0 Å². The number of hydrogen-bond donors (Lipinski definition) is 2. The largest absolute Gasteiger partial charge is 0.435 e. The Hall–Kier alpha value is -1.72. The molecule has 1 aliphatic rings. The zero-order chi connectivity index (χ0) is 10.9. The SMILES string of the molecule is FC(F)(F)c1cc(C2C=CC=CN2)[nH]n1. The van der Waals surface area contributed by atoms with E-state index in [4.69, 9.17) is 0 Å². The van der Waals surface area contributed by atoms with Crippen molar-refractivity contribution in [2.75, 3.05) is 0 Å². The van der Waals surface area contributed by atoms with Crippen molar-refractivity contribution >= 4 is 0 Å². The highest BCUT2D eigenvalue weighted by Gasteiger charge is 2.34. The van der Waals surface area contributed by atoms with Gasteiger partial charge in [-0.05, 0) is 18.3 Å². The zero-order valence-corrected chi connectivity index (χ0v) is 7.55. The predicted octanol–water partition coefficient (Wildman–Crippen LogP) is 2.14. The van der Waals surface area contributed by atoms with Crippen molar-refractivity contribution in [3.63, 3.8) is 0 Å². The number of aromatic amines is 1. The fourth-order valence-corrected chi connectivity index (χ4v) is 1.28. The molecule has 2 rings (SSSR count). The second kappa shape index (κ2) is 3.45. The van der Waals surface area contributed by atoms with E-state index in [1.165, 1.54) is 0 Å². The van der Waals surface area contributed by atoms with Crippen LogP contribution in [0.1, 0.15) is 17.4 Å². The van der Waals surface area contributed by atoms with Gasteiger partial charge in [0.1, 0.15) is 0 Å². The van der Waals surface area contributed by atoms with Gasteiger partial charge in [-0.3, -0.25) is 5.10 Å². The number of halogens is 3. The van der Waals surface area contributed by atoms with Crippen molar-refractivity contribution < 1.29 is 13.2 Å². The number of nitrogens with one attached hydrogen (secondary N) is 2. The molecule has 6 heteroatoms. The Kier molecular flexibility index (Phi) is 2.26. The van der Waals surface area contributed by atoms with Crippen molar-refractivity contribution in [1.82, 2.24) is 15.5 Å². The lowest BCUT2D eigenvalue weighted by Gasteiger charge is -2.12. The predicted molar refractivity (Wildman–Crippen MR) is 47.7 cm³/mol. The summed E-state index contributed by atoms with van der Waals surface area (Å²) in [6.07, 6.45) is 2.53. The Morgan fingerprint density at radius 2 is 2.07 bits per heavy atom. The van der Waals surface area contributed by atoms with E-state index in [0.717, 1.165) is 6.07 Å². The van der Waals surface area contributed by atoms with E-state index in [-0.39, 0.29) is 6.04 Å². The van der Waals surface area contributed by atoms with Gasteiger partial charge in [-0.2, -0.15) is 18.3 Å². The lowest BCUT2D eigenvalue weighted by molar-refractivity contribution is -0.141. The second-order valence-electron chi connectivity index (χ2n) is 3.09. The average molecular weight is 215 g/mol. The number of aromatic nitrogens is 2. The van der Waals surface area contributed by atoms with Crippen molar-refractivity contribution in [3.8, 4) is 0 Å². The number of H-pyrrole nitrogens is 1. The van der Waals surface area contributed by atoms with E-state index in [1.54, 1.807) is 24.4 Å². The average Bonchev–Trinajstić information content (AvgIpc) is 2.67. The number of allylic oxidation sites excluding steroid dienone is 2. The molecule has 3 nitrogen and oxygen atoms in total. The van der Waals surface area contributed by atoms with Crippen LogP contribution >= 0.6 is 0 Å². The summed E-state index contributed by atoms with van der Waals surface area (Å²) in [6, 6.07) is 0.722. The van der Waals surface area contributed by atoms with Crippen LogP contribution in [0.5, 0.6) is 0 Å². The van der Waals surface area contributed by atoms with Gasteiger partial charge in [-0.25, -0.2) is 0 Å². The Morgan fingerprint density at radius 1 is 1.27 bits per heavy atom. The Bertz CT molecular complexity index is 403. The van der Waals surface area contributed by atoms with E-state index < -0.39 is 11.9 Å². The molecular weight excluding hydrogens is 207 g/mol. The summed E-state index contributed by atoms with van der Waals surface area (Å²) >= 11 is 0. The minimum absolute atomic E-state index is 0.279. The molecule has 1 aromatic rings. The van der Waals surface area contributed by atoms with Crippen LogP contribution in [0.15, 0.2) is 30.5 Å². The van der Waals surface area contributed by atoms with Gasteiger partial charge < -0.3 is 5.32 Å². The van der Waals surface area contributed by atoms with Crippen molar-refractivity contribution in [3.05, 3.63) is 41.9 Å². The van der Waals surface area contributed by atoms with Crippen LogP contribution in [-0.2, 0) is 6.18 Å². The summed E-state index contributed by atoms with van der Waals surface area (Å²) in [5.74, 6) is 0. The first-order valence-corrected chi connectivity index (χ1v) is 4.29. The highest BCUT2D eigenvalue weighted by atomic mass is 19.4. The normalized spacial score (nSPS) is 20.3. The maximum absolute atomic E-state index is 12.2. The van der Waals surface area contributed by atoms with E-state index in [1.807, 2.05) is 0 Å². The van der Waals surface area contributed by atoms with E-state index in [0.29, 0.717) is 5.69 Å². The molecular formula is C9H8F3N3. The molecule has 0 amide bonds. The minimum atomic E-state index is -4.40. The van der Waals surface area contributed by atoms with Gasteiger partial charge in [0.2, 0.25) is 0 Å². The molecule has 1 aliphatic heterocycles. The number of hydrogen-bond acceptors (Lipinski definition) is 2. The van der Waals surface area contributed by atoms with Gasteiger partial charge in [0.05, 0.1) is 11.7 Å². The van der Waals surface area contributed by atoms with Crippen molar-refractivity contribution in [1.29, 1.82) is 0 Å². The Labute approximate surface area is 83.7 Å². The second-order valence-corrected chi connectivity index (χ2v) is 3.09. The fraction of sp³-hybridized carbons (Fsp3) is 0.222. The van der Waals surface area contributed by atoms with E-state index >= 15 is 0 Å². The summed E-state index contributed by atoms with van der Waals surface area (Å²) in [6.45, 7) is 0. The first kappa shape index (κ1) is 9.82. The van der Waals surface area contributed by atoms with Crippen LogP contribution in [-0.4, -0.2) is 10.2 Å². The third kappa shape index (κ3) is 2.03. The zero-order valence-electron chi connectivity index (χ0n) is 7.55. The van der Waals surface area contributed by atoms with Crippen LogP contribution in [0.4, 0.5) is 13.2 Å². The molecule has 2 N–H and O–H groups in total. The molecule has 0 spiro atoms. The molecule has 0 fully saturated rings. The van der Waals surface area contributed by atoms with Gasteiger partial charge >= 0.3 is 6.18 Å². The van der Waals surface area contributed by atoms with Gasteiger partial charge in [0.25, 0.3) is 0 Å². The molecule has 0 saturated heterocycles. The number of rotatable bonds is 1. The highest BCUT2D eigenvalue weighted by Crippen LogP contribution is 2.29. The highest BCUT2D eigenvalue weighted by molar-refractivity contribution is 5.23. The summed E-state index contributed by atoms with van der Waals surface area (Å²) in [5, 5.41) is 8.47. The third-order valence-corrected chi connectivity index (χ3v) is 2.01. The molecule has 1 aromatic heterocycles. The monoisotopic (exact) mass is 215 g/mol. The molecule has 80 valence electrons. The van der Waals surface area contributed by atoms with Crippen LogP contribution in [0.25, 0.3) is 0 Å². The summed E-state index contributed by atoms with van der Waals surface area (Å²) in [5.41, 5.74) is -0.509. The standard InChI is InChI=1S/C9H8F3N3/c10-9(11,12)8-5-7(14-15-8)6-3-1-2-4-13-6/h1-6,13H,(H,14,15). The fourth-order valence-electron chi connectivity index (χ4n) is 1.28. The van der Waals surface area contributed by atoms with E-state index in [9.17, 15) is 13.2 Å². The molecule has 0 bridgehead atoms. The molecule has 15 heavy (non-hydrogen) atoms. The maximum Gasteiger partial charge on any atom is 0.435 e. The quantitative estimate of drug-likeness (QED) is 0.753. The van der Waals surface area contributed by atoms with Crippen molar-refractivity contribution in [2.45, 2.75) is 12.2 Å². The summed E-state index contributed by atoms with van der Waals surface area (Å²) in [4.78, 5) is 0. The molecule has 0 radical (unpaired) electrons. The van der Waals surface area contributed by atoms with E-state index in [2.05, 4.69) is 15.5 Å². The number of nitrogens with zero attached hydrogens (tertiary/aromatic N) is 1. The van der Waals surface area contributed by atoms with Crippen LogP contribution in [0.2, 0.25) is 0 Å². The first-order valence-electron chi connectivity index (χ1n) is 4.29. The minimum Gasteiger partial charge on any atom is -0.379 e. The summed E-state index contributed by atoms with van der Waals surface area (Å²) < 4.78 is 36.7. The summed E-state index contributed by atoms with van der Waals surface area (Å²) in [7, 11) is 0. The lowest BCUT2D eigenvalue weighted by atomic mass is 10.1. The molecule has 0 aromatic carbocycles. The van der Waals surface area contributed by atoms with Crippen LogP contribution < -0.4 is 5.32 Å². The first-order chi connectivity index (χ1) is 7.07.